The Labute approximate surface area is 154 Å². The Bertz CT molecular complexity index is 812. The van der Waals surface area contributed by atoms with Crippen LogP contribution in [0, 0.1) is 0 Å². The molecule has 4 rings (SSSR count). The van der Waals surface area contributed by atoms with Crippen LogP contribution in [0.25, 0.3) is 11.1 Å². The molecule has 132 valence electrons. The lowest BCUT2D eigenvalue weighted by atomic mass is 10.0. The van der Waals surface area contributed by atoms with Crippen LogP contribution >= 0.6 is 0 Å². The van der Waals surface area contributed by atoms with Crippen molar-refractivity contribution >= 4 is 5.69 Å². The molecule has 0 unspecified atom stereocenters. The summed E-state index contributed by atoms with van der Waals surface area (Å²) in [6.07, 6.45) is 9.78. The first kappa shape index (κ1) is 16.7. The van der Waals surface area contributed by atoms with Crippen molar-refractivity contribution in [3.8, 4) is 11.1 Å². The van der Waals surface area contributed by atoms with Crippen molar-refractivity contribution in [3.05, 3.63) is 78.9 Å². The summed E-state index contributed by atoms with van der Waals surface area (Å²) in [7, 11) is 0. The number of anilines is 1. The molecule has 1 aromatic carbocycles. The van der Waals surface area contributed by atoms with Crippen LogP contribution in [0.4, 0.5) is 5.69 Å². The molecule has 0 amide bonds. The Hall–Kier alpha value is -2.72. The van der Waals surface area contributed by atoms with Gasteiger partial charge in [0.05, 0.1) is 5.69 Å². The third-order valence-electron chi connectivity index (χ3n) is 4.96. The highest BCUT2D eigenvalue weighted by Crippen LogP contribution is 2.23. The van der Waals surface area contributed by atoms with E-state index in [1.54, 1.807) is 0 Å². The lowest BCUT2D eigenvalue weighted by Gasteiger charge is -2.32. The van der Waals surface area contributed by atoms with Gasteiger partial charge in [0.2, 0.25) is 0 Å². The maximum Gasteiger partial charge on any atom is 0.0535 e. The molecule has 1 aliphatic rings. The SMILES string of the molecule is c1ccc(CN2CCC(Nc3cncc(-c4ccncc4)c3)CC2)cc1. The highest BCUT2D eigenvalue weighted by molar-refractivity contribution is 5.66. The maximum absolute atomic E-state index is 4.40. The summed E-state index contributed by atoms with van der Waals surface area (Å²) < 4.78 is 0. The van der Waals surface area contributed by atoms with Crippen LogP contribution in [0.1, 0.15) is 18.4 Å². The topological polar surface area (TPSA) is 41.0 Å². The molecule has 1 aliphatic heterocycles. The van der Waals surface area contributed by atoms with Crippen LogP contribution in [-0.4, -0.2) is 34.0 Å². The van der Waals surface area contributed by atoms with E-state index in [9.17, 15) is 0 Å². The Kier molecular flexibility index (Phi) is 5.22. The number of nitrogens with one attached hydrogen (secondary N) is 1. The number of hydrogen-bond donors (Lipinski definition) is 1. The molecule has 0 atom stereocenters. The van der Waals surface area contributed by atoms with Gasteiger partial charge in [-0.3, -0.25) is 14.9 Å². The molecule has 3 aromatic rings. The van der Waals surface area contributed by atoms with E-state index >= 15 is 0 Å². The van der Waals surface area contributed by atoms with E-state index in [0.717, 1.165) is 49.3 Å². The highest BCUT2D eigenvalue weighted by Gasteiger charge is 2.19. The minimum atomic E-state index is 0.511. The number of aromatic nitrogens is 2. The summed E-state index contributed by atoms with van der Waals surface area (Å²) in [5, 5.41) is 3.67. The number of likely N-dealkylation sites (tertiary alicyclic amines) is 1. The lowest BCUT2D eigenvalue weighted by molar-refractivity contribution is 0.211. The quantitative estimate of drug-likeness (QED) is 0.752. The number of benzene rings is 1. The second-order valence-corrected chi connectivity index (χ2v) is 6.88. The van der Waals surface area contributed by atoms with Crippen LogP contribution in [0.3, 0.4) is 0 Å². The number of rotatable bonds is 5. The van der Waals surface area contributed by atoms with Crippen molar-refractivity contribution < 1.29 is 0 Å². The van der Waals surface area contributed by atoms with Crippen LogP contribution in [0.15, 0.2) is 73.3 Å². The van der Waals surface area contributed by atoms with Gasteiger partial charge in [0.1, 0.15) is 0 Å². The molecule has 3 heterocycles. The molecule has 0 saturated carbocycles. The molecule has 0 aliphatic carbocycles. The van der Waals surface area contributed by atoms with E-state index in [1.807, 2.05) is 36.9 Å². The van der Waals surface area contributed by atoms with Gasteiger partial charge in [-0.15, -0.1) is 0 Å². The number of nitrogens with zero attached hydrogens (tertiary/aromatic N) is 3. The zero-order chi connectivity index (χ0) is 17.6. The van der Waals surface area contributed by atoms with Crippen molar-refractivity contribution in [3.63, 3.8) is 0 Å². The number of pyridine rings is 2. The van der Waals surface area contributed by atoms with Crippen LogP contribution in [0.5, 0.6) is 0 Å². The van der Waals surface area contributed by atoms with Crippen LogP contribution in [0.2, 0.25) is 0 Å². The predicted molar refractivity (Wildman–Crippen MR) is 106 cm³/mol. The fourth-order valence-electron chi connectivity index (χ4n) is 3.53. The second-order valence-electron chi connectivity index (χ2n) is 6.88. The minimum Gasteiger partial charge on any atom is -0.381 e. The predicted octanol–water partition coefficient (Wildman–Crippen LogP) is 4.22. The van der Waals surface area contributed by atoms with Gasteiger partial charge in [0.15, 0.2) is 0 Å². The summed E-state index contributed by atoms with van der Waals surface area (Å²) >= 11 is 0. The molecule has 4 heteroatoms. The molecule has 26 heavy (non-hydrogen) atoms. The summed E-state index contributed by atoms with van der Waals surface area (Å²) in [4.78, 5) is 11.0. The highest BCUT2D eigenvalue weighted by atomic mass is 15.1. The molecular weight excluding hydrogens is 320 g/mol. The first-order valence-corrected chi connectivity index (χ1v) is 9.25. The van der Waals surface area contributed by atoms with Crippen molar-refractivity contribution in [1.29, 1.82) is 0 Å². The van der Waals surface area contributed by atoms with Gasteiger partial charge in [-0.2, -0.15) is 0 Å². The standard InChI is InChI=1S/C22H24N4/c1-2-4-18(5-3-1)17-26-12-8-21(9-13-26)25-22-14-20(15-24-16-22)19-6-10-23-11-7-19/h1-7,10-11,14-16,21,25H,8-9,12-13,17H2. The zero-order valence-corrected chi connectivity index (χ0v) is 14.9. The largest absolute Gasteiger partial charge is 0.381 e. The van der Waals surface area contributed by atoms with E-state index in [2.05, 4.69) is 56.6 Å². The Morgan fingerprint density at radius 2 is 1.65 bits per heavy atom. The third kappa shape index (κ3) is 4.27. The second kappa shape index (κ2) is 8.11. The molecule has 0 radical (unpaired) electrons. The first-order chi connectivity index (χ1) is 12.9. The van der Waals surface area contributed by atoms with Crippen molar-refractivity contribution in [2.75, 3.05) is 18.4 Å². The van der Waals surface area contributed by atoms with Crippen LogP contribution in [-0.2, 0) is 6.54 Å². The van der Waals surface area contributed by atoms with Crippen LogP contribution < -0.4 is 5.32 Å². The van der Waals surface area contributed by atoms with Gasteiger partial charge in [-0.1, -0.05) is 30.3 Å². The normalized spacial score (nSPS) is 15.7. The average molecular weight is 344 g/mol. The minimum absolute atomic E-state index is 0.511. The third-order valence-corrected chi connectivity index (χ3v) is 4.96. The molecule has 4 nitrogen and oxygen atoms in total. The monoisotopic (exact) mass is 344 g/mol. The summed E-state index contributed by atoms with van der Waals surface area (Å²) in [5.74, 6) is 0. The smallest absolute Gasteiger partial charge is 0.0535 e. The summed E-state index contributed by atoms with van der Waals surface area (Å²) in [5.41, 5.74) is 4.77. The summed E-state index contributed by atoms with van der Waals surface area (Å²) in [6, 6.07) is 17.5. The first-order valence-electron chi connectivity index (χ1n) is 9.25. The molecule has 1 fully saturated rings. The van der Waals surface area contributed by atoms with Gasteiger partial charge in [-0.25, -0.2) is 0 Å². The molecule has 0 spiro atoms. The van der Waals surface area contributed by atoms with E-state index in [-0.39, 0.29) is 0 Å². The van der Waals surface area contributed by atoms with Crippen molar-refractivity contribution in [2.24, 2.45) is 0 Å². The molecule has 1 N–H and O–H groups in total. The number of hydrogen-bond acceptors (Lipinski definition) is 4. The summed E-state index contributed by atoms with van der Waals surface area (Å²) in [6.45, 7) is 3.31. The fourth-order valence-corrected chi connectivity index (χ4v) is 3.53. The van der Waals surface area contributed by atoms with Gasteiger partial charge < -0.3 is 5.32 Å². The van der Waals surface area contributed by atoms with E-state index in [0.29, 0.717) is 6.04 Å². The molecule has 0 bridgehead atoms. The Balaban J connectivity index is 1.33. The average Bonchev–Trinajstić information content (AvgIpc) is 2.71. The Morgan fingerprint density at radius 3 is 2.42 bits per heavy atom. The fraction of sp³-hybridized carbons (Fsp3) is 0.273. The lowest BCUT2D eigenvalue weighted by Crippen LogP contribution is -2.38. The van der Waals surface area contributed by atoms with E-state index < -0.39 is 0 Å². The van der Waals surface area contributed by atoms with Crippen molar-refractivity contribution in [2.45, 2.75) is 25.4 Å². The zero-order valence-electron chi connectivity index (χ0n) is 14.9. The molecule has 2 aromatic heterocycles. The van der Waals surface area contributed by atoms with Gasteiger partial charge in [0, 0.05) is 56.0 Å². The van der Waals surface area contributed by atoms with E-state index in [4.69, 9.17) is 0 Å². The number of piperidine rings is 1. The molecule has 1 saturated heterocycles. The van der Waals surface area contributed by atoms with E-state index in [1.165, 1.54) is 5.56 Å². The van der Waals surface area contributed by atoms with Crippen molar-refractivity contribution in [1.82, 2.24) is 14.9 Å². The van der Waals surface area contributed by atoms with Gasteiger partial charge >= 0.3 is 0 Å². The molecular formula is C22H24N4. The maximum atomic E-state index is 4.40. The Morgan fingerprint density at radius 1 is 0.885 bits per heavy atom. The van der Waals surface area contributed by atoms with Gasteiger partial charge in [0.25, 0.3) is 0 Å². The van der Waals surface area contributed by atoms with Gasteiger partial charge in [-0.05, 0) is 42.2 Å².